The van der Waals surface area contributed by atoms with Crippen molar-refractivity contribution in [3.63, 3.8) is 0 Å². The van der Waals surface area contributed by atoms with Crippen LogP contribution in [0.3, 0.4) is 0 Å². The van der Waals surface area contributed by atoms with Gasteiger partial charge in [-0.1, -0.05) is 42.0 Å². The highest BCUT2D eigenvalue weighted by molar-refractivity contribution is 6.01. The summed E-state index contributed by atoms with van der Waals surface area (Å²) >= 11 is 0. The van der Waals surface area contributed by atoms with Crippen LogP contribution in [0.5, 0.6) is 0 Å². The van der Waals surface area contributed by atoms with Crippen LogP contribution in [0.25, 0.3) is 0 Å². The molecule has 1 aliphatic rings. The molecule has 2 aromatic heterocycles. The molecule has 1 amide bonds. The second-order valence-corrected chi connectivity index (χ2v) is 8.33. The van der Waals surface area contributed by atoms with Gasteiger partial charge in [0, 0.05) is 16.9 Å². The molecular weight excluding hydrogens is 400 g/mol. The molecule has 0 saturated heterocycles. The average Bonchev–Trinajstić information content (AvgIpc) is 3.40. The van der Waals surface area contributed by atoms with Gasteiger partial charge >= 0.3 is 0 Å². The van der Waals surface area contributed by atoms with Crippen molar-refractivity contribution < 1.29 is 9.21 Å². The van der Waals surface area contributed by atoms with Crippen molar-refractivity contribution in [1.82, 2.24) is 14.7 Å². The molecule has 1 N–H and O–H groups in total. The van der Waals surface area contributed by atoms with Crippen LogP contribution in [0, 0.1) is 20.8 Å². The zero-order chi connectivity index (χ0) is 22.2. The lowest BCUT2D eigenvalue weighted by atomic mass is 10.0. The maximum Gasteiger partial charge on any atom is 0.258 e. The molecule has 2 aromatic carbocycles. The number of amides is 1. The summed E-state index contributed by atoms with van der Waals surface area (Å²) in [6, 6.07) is 19.9. The van der Waals surface area contributed by atoms with Crippen LogP contribution >= 0.6 is 0 Å². The molecule has 1 atom stereocenters. The number of rotatable bonds is 5. The lowest BCUT2D eigenvalue weighted by Gasteiger charge is -2.37. The number of aryl methyl sites for hydroxylation is 2. The van der Waals surface area contributed by atoms with Gasteiger partial charge in [0.15, 0.2) is 0 Å². The number of benzene rings is 2. The molecule has 0 aliphatic carbocycles. The Bertz CT molecular complexity index is 1260. The van der Waals surface area contributed by atoms with Gasteiger partial charge in [0.1, 0.15) is 11.9 Å². The van der Waals surface area contributed by atoms with E-state index >= 15 is 0 Å². The summed E-state index contributed by atoms with van der Waals surface area (Å²) in [5.41, 5.74) is 6.89. The lowest BCUT2D eigenvalue weighted by molar-refractivity contribution is 0.0650. The monoisotopic (exact) mass is 426 g/mol. The maximum atomic E-state index is 13.5. The standard InChI is InChI=1S/C26H26N4O2/c1-17-10-12-20(13-11-17)15-30-19(3)24(18(2)28-30)25-27-23-9-5-4-8-22(23)26(31)29(25)16-21-7-6-14-32-21/h4-14,25,27H,15-16H2,1-3H3/t25-/m0/s1. The number of para-hydroxylation sites is 1. The third-order valence-electron chi connectivity index (χ3n) is 6.09. The quantitative estimate of drug-likeness (QED) is 0.475. The first kappa shape index (κ1) is 20.1. The van der Waals surface area contributed by atoms with E-state index in [1.54, 1.807) is 6.26 Å². The number of anilines is 1. The van der Waals surface area contributed by atoms with Crippen LogP contribution in [0.1, 0.15) is 50.4 Å². The van der Waals surface area contributed by atoms with Crippen LogP contribution in [0.15, 0.2) is 71.3 Å². The normalized spacial score (nSPS) is 15.5. The molecule has 6 heteroatoms. The van der Waals surface area contributed by atoms with E-state index in [-0.39, 0.29) is 12.1 Å². The van der Waals surface area contributed by atoms with Crippen molar-refractivity contribution >= 4 is 11.6 Å². The second kappa shape index (κ2) is 8.04. The summed E-state index contributed by atoms with van der Waals surface area (Å²) in [5.74, 6) is 0.720. The molecule has 4 aromatic rings. The maximum absolute atomic E-state index is 13.5. The molecule has 0 spiro atoms. The molecule has 32 heavy (non-hydrogen) atoms. The number of aromatic nitrogens is 2. The summed E-state index contributed by atoms with van der Waals surface area (Å²) in [4.78, 5) is 15.3. The fourth-order valence-corrected chi connectivity index (χ4v) is 4.38. The molecule has 162 valence electrons. The predicted octanol–water partition coefficient (Wildman–Crippen LogP) is 5.22. The third-order valence-corrected chi connectivity index (χ3v) is 6.09. The zero-order valence-electron chi connectivity index (χ0n) is 18.5. The van der Waals surface area contributed by atoms with Crippen molar-refractivity contribution in [3.8, 4) is 0 Å². The number of carbonyl (C=O) groups excluding carboxylic acids is 1. The Morgan fingerprint density at radius 1 is 0.969 bits per heavy atom. The van der Waals surface area contributed by atoms with Gasteiger partial charge in [0.2, 0.25) is 0 Å². The van der Waals surface area contributed by atoms with E-state index in [9.17, 15) is 4.79 Å². The Kier molecular flexibility index (Phi) is 5.05. The number of fused-ring (bicyclic) bond motifs is 1. The fourth-order valence-electron chi connectivity index (χ4n) is 4.38. The van der Waals surface area contributed by atoms with E-state index in [4.69, 9.17) is 9.52 Å². The summed E-state index contributed by atoms with van der Waals surface area (Å²) in [5, 5.41) is 8.41. The van der Waals surface area contributed by atoms with Crippen molar-refractivity contribution in [2.45, 2.75) is 40.0 Å². The molecule has 0 bridgehead atoms. The molecule has 0 fully saturated rings. The number of hydrogen-bond acceptors (Lipinski definition) is 4. The largest absolute Gasteiger partial charge is 0.467 e. The van der Waals surface area contributed by atoms with Crippen LogP contribution in [-0.4, -0.2) is 20.6 Å². The third kappa shape index (κ3) is 3.58. The van der Waals surface area contributed by atoms with Gasteiger partial charge in [-0.05, 0) is 50.6 Å². The van der Waals surface area contributed by atoms with Crippen LogP contribution in [0.2, 0.25) is 0 Å². The van der Waals surface area contributed by atoms with Gasteiger partial charge in [0.05, 0.1) is 30.6 Å². The zero-order valence-corrected chi connectivity index (χ0v) is 18.5. The molecular formula is C26H26N4O2. The molecule has 0 radical (unpaired) electrons. The first-order valence-corrected chi connectivity index (χ1v) is 10.8. The smallest absolute Gasteiger partial charge is 0.258 e. The van der Waals surface area contributed by atoms with Gasteiger partial charge in [0.25, 0.3) is 5.91 Å². The van der Waals surface area contributed by atoms with Gasteiger partial charge in [-0.2, -0.15) is 5.10 Å². The van der Waals surface area contributed by atoms with Gasteiger partial charge in [-0.25, -0.2) is 0 Å². The molecule has 5 rings (SSSR count). The summed E-state index contributed by atoms with van der Waals surface area (Å²) in [7, 11) is 0. The minimum absolute atomic E-state index is 0.0224. The molecule has 1 aliphatic heterocycles. The summed E-state index contributed by atoms with van der Waals surface area (Å²) in [6.45, 7) is 7.22. The Morgan fingerprint density at radius 3 is 2.50 bits per heavy atom. The fraction of sp³-hybridized carbons (Fsp3) is 0.231. The highest BCUT2D eigenvalue weighted by Gasteiger charge is 2.36. The van der Waals surface area contributed by atoms with Crippen molar-refractivity contribution in [3.05, 3.63) is 106 Å². The van der Waals surface area contributed by atoms with Crippen LogP contribution in [0.4, 0.5) is 5.69 Å². The first-order chi connectivity index (χ1) is 15.5. The number of carbonyl (C=O) groups is 1. The number of nitrogens with zero attached hydrogens (tertiary/aromatic N) is 3. The van der Waals surface area contributed by atoms with Gasteiger partial charge < -0.3 is 14.6 Å². The van der Waals surface area contributed by atoms with Crippen molar-refractivity contribution in [1.29, 1.82) is 0 Å². The topological polar surface area (TPSA) is 63.3 Å². The minimum atomic E-state index is -0.339. The Labute approximate surface area is 187 Å². The van der Waals surface area contributed by atoms with Crippen LogP contribution < -0.4 is 5.32 Å². The Morgan fingerprint density at radius 2 is 1.75 bits per heavy atom. The second-order valence-electron chi connectivity index (χ2n) is 8.33. The summed E-state index contributed by atoms with van der Waals surface area (Å²) < 4.78 is 7.59. The van der Waals surface area contributed by atoms with Crippen molar-refractivity contribution in [2.75, 3.05) is 5.32 Å². The van der Waals surface area contributed by atoms with E-state index in [2.05, 4.69) is 43.4 Å². The van der Waals surface area contributed by atoms with E-state index in [1.165, 1.54) is 11.1 Å². The van der Waals surface area contributed by atoms with E-state index in [1.807, 2.05) is 52.9 Å². The number of hydrogen-bond donors (Lipinski definition) is 1. The van der Waals surface area contributed by atoms with Crippen LogP contribution in [-0.2, 0) is 13.1 Å². The predicted molar refractivity (Wildman–Crippen MR) is 123 cm³/mol. The number of nitrogens with one attached hydrogen (secondary N) is 1. The minimum Gasteiger partial charge on any atom is -0.467 e. The molecule has 3 heterocycles. The first-order valence-electron chi connectivity index (χ1n) is 10.8. The Hall–Kier alpha value is -3.80. The average molecular weight is 427 g/mol. The SMILES string of the molecule is Cc1ccc(Cn2nc(C)c([C@H]3Nc4ccccc4C(=O)N3Cc3ccco3)c2C)cc1. The molecule has 0 saturated carbocycles. The highest BCUT2D eigenvalue weighted by Crippen LogP contribution is 2.36. The van der Waals surface area contributed by atoms with E-state index in [0.717, 1.165) is 28.4 Å². The van der Waals surface area contributed by atoms with E-state index < -0.39 is 0 Å². The van der Waals surface area contributed by atoms with Gasteiger partial charge in [-0.3, -0.25) is 9.48 Å². The highest BCUT2D eigenvalue weighted by atomic mass is 16.3. The Balaban J connectivity index is 1.54. The summed E-state index contributed by atoms with van der Waals surface area (Å²) in [6.07, 6.45) is 1.30. The van der Waals surface area contributed by atoms with E-state index in [0.29, 0.717) is 18.7 Å². The van der Waals surface area contributed by atoms with Gasteiger partial charge in [-0.15, -0.1) is 0 Å². The molecule has 0 unspecified atom stereocenters. The molecule has 6 nitrogen and oxygen atoms in total. The lowest BCUT2D eigenvalue weighted by Crippen LogP contribution is -2.42. The number of furan rings is 1. The van der Waals surface area contributed by atoms with Crippen molar-refractivity contribution in [2.24, 2.45) is 0 Å².